The van der Waals surface area contributed by atoms with Gasteiger partial charge in [0.1, 0.15) is 12.4 Å². The number of hydrogen-bond acceptors (Lipinski definition) is 3. The van der Waals surface area contributed by atoms with Crippen LogP contribution in [0.5, 0.6) is 5.75 Å². The molecule has 0 radical (unpaired) electrons. The van der Waals surface area contributed by atoms with Crippen LogP contribution in [0.15, 0.2) is 22.7 Å². The third-order valence-electron chi connectivity index (χ3n) is 3.20. The summed E-state index contributed by atoms with van der Waals surface area (Å²) in [4.78, 5) is 0. The van der Waals surface area contributed by atoms with E-state index in [0.717, 1.165) is 33.5 Å². The lowest BCUT2D eigenvalue weighted by molar-refractivity contribution is 0.254. The molecule has 0 amide bonds. The number of rotatable bonds is 5. The van der Waals surface area contributed by atoms with E-state index in [1.165, 1.54) is 0 Å². The first-order valence-electron chi connectivity index (χ1n) is 6.61. The van der Waals surface area contributed by atoms with Crippen LogP contribution < -0.4 is 4.74 Å². The van der Waals surface area contributed by atoms with Crippen LogP contribution in [-0.4, -0.2) is 14.9 Å². The van der Waals surface area contributed by atoms with Crippen LogP contribution in [0.4, 0.5) is 0 Å². The number of ether oxygens (including phenoxy) is 1. The van der Waals surface area contributed by atoms with Gasteiger partial charge in [0.15, 0.2) is 0 Å². The quantitative estimate of drug-likeness (QED) is 0.909. The Morgan fingerprint density at radius 3 is 2.75 bits per heavy atom. The minimum Gasteiger partial charge on any atom is -0.487 e. The first-order valence-corrected chi connectivity index (χ1v) is 7.41. The molecule has 1 heterocycles. The zero-order chi connectivity index (χ0) is 14.7. The molecule has 4 nitrogen and oxygen atoms in total. The molecule has 0 saturated carbocycles. The minimum atomic E-state index is -0.0236. The van der Waals surface area contributed by atoms with Gasteiger partial charge >= 0.3 is 0 Å². The zero-order valence-corrected chi connectivity index (χ0v) is 13.6. The van der Waals surface area contributed by atoms with E-state index in [1.54, 1.807) is 0 Å². The summed E-state index contributed by atoms with van der Waals surface area (Å²) in [6, 6.07) is 5.81. The van der Waals surface area contributed by atoms with Gasteiger partial charge in [0.05, 0.1) is 22.5 Å². The smallest absolute Gasteiger partial charge is 0.131 e. The molecule has 20 heavy (non-hydrogen) atoms. The molecule has 1 aromatic heterocycles. The van der Waals surface area contributed by atoms with Gasteiger partial charge in [-0.25, -0.2) is 0 Å². The van der Waals surface area contributed by atoms with E-state index in [9.17, 15) is 5.11 Å². The van der Waals surface area contributed by atoms with Crippen LogP contribution in [-0.2, 0) is 19.8 Å². The van der Waals surface area contributed by atoms with Gasteiger partial charge < -0.3 is 9.84 Å². The average Bonchev–Trinajstić information content (AvgIpc) is 2.72. The molecule has 1 aromatic carbocycles. The van der Waals surface area contributed by atoms with E-state index in [0.29, 0.717) is 12.4 Å². The van der Waals surface area contributed by atoms with Crippen molar-refractivity contribution in [3.63, 3.8) is 0 Å². The van der Waals surface area contributed by atoms with E-state index in [-0.39, 0.29) is 6.61 Å². The molecule has 0 unspecified atom stereocenters. The molecule has 1 N–H and O–H groups in total. The van der Waals surface area contributed by atoms with Gasteiger partial charge in [-0.15, -0.1) is 0 Å². The second-order valence-electron chi connectivity index (χ2n) is 4.72. The van der Waals surface area contributed by atoms with Crippen molar-refractivity contribution in [2.45, 2.75) is 40.5 Å². The summed E-state index contributed by atoms with van der Waals surface area (Å²) in [5, 5.41) is 13.8. The van der Waals surface area contributed by atoms with Crippen LogP contribution in [0.1, 0.15) is 29.4 Å². The molecular weight excluding hydrogens is 320 g/mol. The summed E-state index contributed by atoms with van der Waals surface area (Å²) < 4.78 is 8.76. The molecular formula is C15H19BrN2O2. The summed E-state index contributed by atoms with van der Waals surface area (Å²) in [6.07, 6.45) is 0. The van der Waals surface area contributed by atoms with Gasteiger partial charge in [-0.2, -0.15) is 5.10 Å². The molecule has 0 fully saturated rings. The van der Waals surface area contributed by atoms with Gasteiger partial charge in [0.2, 0.25) is 0 Å². The Morgan fingerprint density at radius 1 is 1.35 bits per heavy atom. The van der Waals surface area contributed by atoms with Crippen molar-refractivity contribution in [2.75, 3.05) is 0 Å². The second-order valence-corrected chi connectivity index (χ2v) is 5.51. The number of aromatic nitrogens is 2. The van der Waals surface area contributed by atoms with Gasteiger partial charge in [0.25, 0.3) is 0 Å². The number of halogens is 1. The highest BCUT2D eigenvalue weighted by Crippen LogP contribution is 2.25. The van der Waals surface area contributed by atoms with Crippen LogP contribution in [0.2, 0.25) is 0 Å². The normalized spacial score (nSPS) is 10.8. The molecule has 0 spiro atoms. The standard InChI is InChI=1S/C15H19BrN2O2/c1-4-18-13(15(16)11(3)17-18)9-20-14-6-5-10(2)7-12(14)8-19/h5-7,19H,4,8-9H2,1-3H3. The van der Waals surface area contributed by atoms with Crippen LogP contribution in [0.3, 0.4) is 0 Å². The summed E-state index contributed by atoms with van der Waals surface area (Å²) in [7, 11) is 0. The Kier molecular flexibility index (Phi) is 4.83. The first-order chi connectivity index (χ1) is 9.56. The monoisotopic (exact) mass is 338 g/mol. The van der Waals surface area contributed by atoms with Gasteiger partial charge in [0, 0.05) is 12.1 Å². The molecule has 0 aliphatic heterocycles. The first kappa shape index (κ1) is 15.1. The van der Waals surface area contributed by atoms with Gasteiger partial charge in [-0.1, -0.05) is 17.7 Å². The maximum absolute atomic E-state index is 9.39. The maximum Gasteiger partial charge on any atom is 0.131 e. The summed E-state index contributed by atoms with van der Waals surface area (Å²) >= 11 is 3.55. The Labute approximate surface area is 127 Å². The van der Waals surface area contributed by atoms with Crippen LogP contribution >= 0.6 is 15.9 Å². The van der Waals surface area contributed by atoms with Crippen molar-refractivity contribution in [3.05, 3.63) is 45.2 Å². The summed E-state index contributed by atoms with van der Waals surface area (Å²) in [6.45, 7) is 7.20. The van der Waals surface area contributed by atoms with E-state index < -0.39 is 0 Å². The molecule has 5 heteroatoms. The highest BCUT2D eigenvalue weighted by atomic mass is 79.9. The molecule has 108 valence electrons. The number of aryl methyl sites for hydroxylation is 3. The third kappa shape index (κ3) is 3.04. The SMILES string of the molecule is CCn1nc(C)c(Br)c1COc1ccc(C)cc1CO. The van der Waals surface area contributed by atoms with Crippen molar-refractivity contribution >= 4 is 15.9 Å². The van der Waals surface area contributed by atoms with Crippen molar-refractivity contribution in [1.29, 1.82) is 0 Å². The van der Waals surface area contributed by atoms with Crippen LogP contribution in [0.25, 0.3) is 0 Å². The third-order valence-corrected chi connectivity index (χ3v) is 4.24. The molecule has 2 aromatic rings. The number of aliphatic hydroxyl groups is 1. The summed E-state index contributed by atoms with van der Waals surface area (Å²) in [5.41, 5.74) is 3.88. The molecule has 0 atom stereocenters. The van der Waals surface area contributed by atoms with Gasteiger partial charge in [-0.05, 0) is 42.8 Å². The topological polar surface area (TPSA) is 47.3 Å². The van der Waals surface area contributed by atoms with E-state index >= 15 is 0 Å². The van der Waals surface area contributed by atoms with Crippen molar-refractivity contribution in [1.82, 2.24) is 9.78 Å². The van der Waals surface area contributed by atoms with Crippen LogP contribution in [0, 0.1) is 13.8 Å². The Bertz CT molecular complexity index is 608. The maximum atomic E-state index is 9.39. The lowest BCUT2D eigenvalue weighted by Crippen LogP contribution is -2.07. The van der Waals surface area contributed by atoms with E-state index in [1.807, 2.05) is 43.7 Å². The lowest BCUT2D eigenvalue weighted by atomic mass is 10.1. The van der Waals surface area contributed by atoms with Crippen molar-refractivity contribution < 1.29 is 9.84 Å². The van der Waals surface area contributed by atoms with Crippen molar-refractivity contribution in [3.8, 4) is 5.75 Å². The number of nitrogens with zero attached hydrogens (tertiary/aromatic N) is 2. The number of benzene rings is 1. The largest absolute Gasteiger partial charge is 0.487 e. The molecule has 0 saturated heterocycles. The zero-order valence-electron chi connectivity index (χ0n) is 12.0. The van der Waals surface area contributed by atoms with E-state index in [2.05, 4.69) is 21.0 Å². The second kappa shape index (κ2) is 6.41. The Balaban J connectivity index is 2.21. The minimum absolute atomic E-state index is 0.0236. The summed E-state index contributed by atoms with van der Waals surface area (Å²) in [5.74, 6) is 0.714. The molecule has 2 rings (SSSR count). The number of aliphatic hydroxyl groups excluding tert-OH is 1. The fourth-order valence-electron chi connectivity index (χ4n) is 2.13. The van der Waals surface area contributed by atoms with Gasteiger partial charge in [-0.3, -0.25) is 4.68 Å². The molecule has 0 aliphatic rings. The average molecular weight is 339 g/mol. The number of hydrogen-bond donors (Lipinski definition) is 1. The molecule has 0 bridgehead atoms. The Hall–Kier alpha value is -1.33. The lowest BCUT2D eigenvalue weighted by Gasteiger charge is -2.12. The fraction of sp³-hybridized carbons (Fsp3) is 0.400. The van der Waals surface area contributed by atoms with Crippen molar-refractivity contribution in [2.24, 2.45) is 0 Å². The highest BCUT2D eigenvalue weighted by molar-refractivity contribution is 9.10. The van der Waals surface area contributed by atoms with E-state index in [4.69, 9.17) is 4.74 Å². The predicted molar refractivity (Wildman–Crippen MR) is 81.8 cm³/mol. The highest BCUT2D eigenvalue weighted by Gasteiger charge is 2.13. The Morgan fingerprint density at radius 2 is 2.10 bits per heavy atom. The fourth-order valence-corrected chi connectivity index (χ4v) is 2.52. The molecule has 0 aliphatic carbocycles. The predicted octanol–water partition coefficient (Wildman–Crippen LogP) is 3.35.